The van der Waals surface area contributed by atoms with Crippen molar-refractivity contribution in [1.29, 1.82) is 5.26 Å². The van der Waals surface area contributed by atoms with Crippen molar-refractivity contribution in [2.24, 2.45) is 0 Å². The van der Waals surface area contributed by atoms with E-state index in [1.165, 1.54) is 0 Å². The molecule has 2 unspecified atom stereocenters. The molecule has 0 bridgehead atoms. The van der Waals surface area contributed by atoms with Gasteiger partial charge in [0.15, 0.2) is 0 Å². The fourth-order valence-corrected chi connectivity index (χ4v) is 2.40. The summed E-state index contributed by atoms with van der Waals surface area (Å²) < 4.78 is 5.54. The highest BCUT2D eigenvalue weighted by atomic mass is 16.5. The second kappa shape index (κ2) is 7.18. The van der Waals surface area contributed by atoms with E-state index in [0.29, 0.717) is 24.3 Å². The Bertz CT molecular complexity index is 524. The first-order chi connectivity index (χ1) is 10.1. The van der Waals surface area contributed by atoms with Crippen LogP contribution in [0.4, 0.5) is 5.69 Å². The SMILES string of the molecule is CC1CN(CC(=O)Nc2ccc(C#N)cc2)CC(CO)O1. The zero-order valence-corrected chi connectivity index (χ0v) is 12.0. The molecule has 0 aliphatic carbocycles. The molecule has 1 aromatic carbocycles. The van der Waals surface area contributed by atoms with E-state index in [-0.39, 0.29) is 31.3 Å². The van der Waals surface area contributed by atoms with Gasteiger partial charge in [0.1, 0.15) is 0 Å². The summed E-state index contributed by atoms with van der Waals surface area (Å²) in [6.45, 7) is 3.34. The lowest BCUT2D eigenvalue weighted by Gasteiger charge is -2.35. The van der Waals surface area contributed by atoms with Crippen LogP contribution >= 0.6 is 0 Å². The van der Waals surface area contributed by atoms with E-state index in [0.717, 1.165) is 0 Å². The maximum absolute atomic E-state index is 12.0. The van der Waals surface area contributed by atoms with Crippen molar-refractivity contribution in [2.75, 3.05) is 31.6 Å². The predicted octanol–water partition coefficient (Wildman–Crippen LogP) is 0.578. The summed E-state index contributed by atoms with van der Waals surface area (Å²) in [4.78, 5) is 14.0. The van der Waals surface area contributed by atoms with Crippen molar-refractivity contribution in [2.45, 2.75) is 19.1 Å². The third kappa shape index (κ3) is 4.53. The van der Waals surface area contributed by atoms with Crippen molar-refractivity contribution < 1.29 is 14.6 Å². The van der Waals surface area contributed by atoms with Gasteiger partial charge in [-0.05, 0) is 31.2 Å². The van der Waals surface area contributed by atoms with Crippen LogP contribution in [-0.4, -0.2) is 54.4 Å². The van der Waals surface area contributed by atoms with Gasteiger partial charge < -0.3 is 15.2 Å². The second-order valence-electron chi connectivity index (χ2n) is 5.18. The van der Waals surface area contributed by atoms with Gasteiger partial charge in [-0.15, -0.1) is 0 Å². The third-order valence-electron chi connectivity index (χ3n) is 3.27. The Morgan fingerprint density at radius 2 is 2.19 bits per heavy atom. The van der Waals surface area contributed by atoms with Crippen LogP contribution in [-0.2, 0) is 9.53 Å². The van der Waals surface area contributed by atoms with Crippen molar-refractivity contribution in [1.82, 2.24) is 4.90 Å². The van der Waals surface area contributed by atoms with Gasteiger partial charge in [0.05, 0.1) is 37.0 Å². The Hall–Kier alpha value is -1.94. The Labute approximate surface area is 123 Å². The Morgan fingerprint density at radius 3 is 2.81 bits per heavy atom. The Kier molecular flexibility index (Phi) is 5.28. The van der Waals surface area contributed by atoms with Crippen molar-refractivity contribution in [3.05, 3.63) is 29.8 Å². The monoisotopic (exact) mass is 289 g/mol. The molecule has 112 valence electrons. The van der Waals surface area contributed by atoms with E-state index in [9.17, 15) is 4.79 Å². The first kappa shape index (κ1) is 15.4. The van der Waals surface area contributed by atoms with Gasteiger partial charge in [0.2, 0.25) is 5.91 Å². The fourth-order valence-electron chi connectivity index (χ4n) is 2.40. The first-order valence-corrected chi connectivity index (χ1v) is 6.89. The number of carbonyl (C=O) groups excluding carboxylic acids is 1. The van der Waals surface area contributed by atoms with Crippen LogP contribution in [0, 0.1) is 11.3 Å². The lowest BCUT2D eigenvalue weighted by Crippen LogP contribution is -2.50. The summed E-state index contributed by atoms with van der Waals surface area (Å²) in [6, 6.07) is 8.76. The summed E-state index contributed by atoms with van der Waals surface area (Å²) in [6.07, 6.45) is -0.241. The number of rotatable bonds is 4. The lowest BCUT2D eigenvalue weighted by atomic mass is 10.2. The number of aliphatic hydroxyl groups excluding tert-OH is 1. The summed E-state index contributed by atoms with van der Waals surface area (Å²) in [5.74, 6) is -0.120. The Balaban J connectivity index is 1.87. The van der Waals surface area contributed by atoms with Crippen LogP contribution in [0.3, 0.4) is 0 Å². The highest BCUT2D eigenvalue weighted by molar-refractivity contribution is 5.92. The van der Waals surface area contributed by atoms with Gasteiger partial charge in [-0.1, -0.05) is 0 Å². The van der Waals surface area contributed by atoms with Crippen molar-refractivity contribution >= 4 is 11.6 Å². The number of aliphatic hydroxyl groups is 1. The number of amides is 1. The standard InChI is InChI=1S/C15H19N3O3/c1-11-7-18(8-14(10-19)21-11)9-15(20)17-13-4-2-12(6-16)3-5-13/h2-5,11,14,19H,7-10H2,1H3,(H,17,20). The highest BCUT2D eigenvalue weighted by Crippen LogP contribution is 2.12. The number of nitrogens with zero attached hydrogens (tertiary/aromatic N) is 2. The molecule has 1 aliphatic rings. The van der Waals surface area contributed by atoms with Crippen LogP contribution in [0.5, 0.6) is 0 Å². The van der Waals surface area contributed by atoms with Gasteiger partial charge in [0, 0.05) is 18.8 Å². The smallest absolute Gasteiger partial charge is 0.238 e. The van der Waals surface area contributed by atoms with Crippen LogP contribution in [0.2, 0.25) is 0 Å². The molecule has 1 amide bonds. The molecule has 1 fully saturated rings. The summed E-state index contributed by atoms with van der Waals surface area (Å²) >= 11 is 0. The average molecular weight is 289 g/mol. The first-order valence-electron chi connectivity index (χ1n) is 6.89. The molecule has 6 heteroatoms. The minimum Gasteiger partial charge on any atom is -0.394 e. The van der Waals surface area contributed by atoms with Crippen molar-refractivity contribution in [3.63, 3.8) is 0 Å². The topological polar surface area (TPSA) is 85.6 Å². The summed E-state index contributed by atoms with van der Waals surface area (Å²) in [5, 5.41) is 20.7. The Morgan fingerprint density at radius 1 is 1.48 bits per heavy atom. The largest absolute Gasteiger partial charge is 0.394 e. The lowest BCUT2D eigenvalue weighted by molar-refractivity contribution is -0.124. The number of nitriles is 1. The number of nitrogens with one attached hydrogen (secondary N) is 1. The zero-order valence-electron chi connectivity index (χ0n) is 12.0. The number of ether oxygens (including phenoxy) is 1. The number of benzene rings is 1. The van der Waals surface area contributed by atoms with Crippen LogP contribution in [0.1, 0.15) is 12.5 Å². The maximum atomic E-state index is 12.0. The molecule has 1 saturated heterocycles. The maximum Gasteiger partial charge on any atom is 0.238 e. The van der Waals surface area contributed by atoms with Gasteiger partial charge in [-0.2, -0.15) is 5.26 Å². The molecule has 21 heavy (non-hydrogen) atoms. The van der Waals surface area contributed by atoms with E-state index >= 15 is 0 Å². The van der Waals surface area contributed by atoms with Gasteiger partial charge in [-0.3, -0.25) is 9.69 Å². The quantitative estimate of drug-likeness (QED) is 0.847. The zero-order chi connectivity index (χ0) is 15.2. The highest BCUT2D eigenvalue weighted by Gasteiger charge is 2.25. The van der Waals surface area contributed by atoms with Crippen LogP contribution < -0.4 is 5.32 Å². The molecule has 0 radical (unpaired) electrons. The van der Waals surface area contributed by atoms with Gasteiger partial charge >= 0.3 is 0 Å². The van der Waals surface area contributed by atoms with E-state index in [2.05, 4.69) is 5.32 Å². The molecule has 6 nitrogen and oxygen atoms in total. The summed E-state index contributed by atoms with van der Waals surface area (Å²) in [5.41, 5.74) is 1.22. The number of anilines is 1. The van der Waals surface area contributed by atoms with E-state index in [1.54, 1.807) is 24.3 Å². The van der Waals surface area contributed by atoms with Crippen molar-refractivity contribution in [3.8, 4) is 6.07 Å². The van der Waals surface area contributed by atoms with Crippen LogP contribution in [0.25, 0.3) is 0 Å². The van der Waals surface area contributed by atoms with E-state index in [1.807, 2.05) is 17.9 Å². The number of hydrogen-bond donors (Lipinski definition) is 2. The minimum atomic E-state index is -0.239. The molecule has 2 rings (SSSR count). The molecule has 2 atom stereocenters. The predicted molar refractivity (Wildman–Crippen MR) is 77.6 cm³/mol. The van der Waals surface area contributed by atoms with Gasteiger partial charge in [-0.25, -0.2) is 0 Å². The van der Waals surface area contributed by atoms with E-state index in [4.69, 9.17) is 15.1 Å². The molecule has 0 spiro atoms. The molecule has 0 saturated carbocycles. The molecular formula is C15H19N3O3. The van der Waals surface area contributed by atoms with Crippen LogP contribution in [0.15, 0.2) is 24.3 Å². The number of morpholine rings is 1. The number of carbonyl (C=O) groups is 1. The summed E-state index contributed by atoms with van der Waals surface area (Å²) in [7, 11) is 0. The average Bonchev–Trinajstić information content (AvgIpc) is 2.47. The minimum absolute atomic E-state index is 0.00129. The molecule has 1 heterocycles. The molecule has 1 aromatic rings. The molecule has 2 N–H and O–H groups in total. The fraction of sp³-hybridized carbons (Fsp3) is 0.467. The molecule has 1 aliphatic heterocycles. The van der Waals surface area contributed by atoms with E-state index < -0.39 is 0 Å². The number of hydrogen-bond acceptors (Lipinski definition) is 5. The third-order valence-corrected chi connectivity index (χ3v) is 3.27. The molecular weight excluding hydrogens is 270 g/mol. The normalized spacial score (nSPS) is 22.5. The second-order valence-corrected chi connectivity index (χ2v) is 5.18. The molecule has 0 aromatic heterocycles. The van der Waals surface area contributed by atoms with Gasteiger partial charge in [0.25, 0.3) is 0 Å².